The van der Waals surface area contributed by atoms with Gasteiger partial charge < -0.3 is 19.2 Å². The van der Waals surface area contributed by atoms with Crippen molar-refractivity contribution in [3.05, 3.63) is 59.0 Å². The average Bonchev–Trinajstić information content (AvgIpc) is 3.31. The molecular formula is C22H22ClFN4O4. The maximum absolute atomic E-state index is 13.4. The van der Waals surface area contributed by atoms with Crippen molar-refractivity contribution in [2.75, 3.05) is 13.2 Å². The molecule has 1 aliphatic heterocycles. The lowest BCUT2D eigenvalue weighted by molar-refractivity contribution is -0.125. The lowest BCUT2D eigenvalue weighted by Crippen LogP contribution is -2.43. The van der Waals surface area contributed by atoms with Crippen LogP contribution in [-0.2, 0) is 16.0 Å². The number of benzene rings is 1. The van der Waals surface area contributed by atoms with Gasteiger partial charge in [-0.3, -0.25) is 9.78 Å². The van der Waals surface area contributed by atoms with Gasteiger partial charge in [-0.1, -0.05) is 18.5 Å². The summed E-state index contributed by atoms with van der Waals surface area (Å²) >= 11 is 5.63. The van der Waals surface area contributed by atoms with Crippen LogP contribution in [-0.4, -0.2) is 40.3 Å². The molecule has 0 bridgehead atoms. The number of aromatic nitrogens is 3. The quantitative estimate of drug-likeness (QED) is 0.570. The number of halogens is 2. The highest BCUT2D eigenvalue weighted by atomic mass is 35.5. The van der Waals surface area contributed by atoms with E-state index in [1.165, 1.54) is 12.1 Å². The molecule has 2 aromatic heterocycles. The summed E-state index contributed by atoms with van der Waals surface area (Å²) < 4.78 is 30.3. The zero-order chi connectivity index (χ0) is 22.5. The lowest BCUT2D eigenvalue weighted by atomic mass is 10.0. The molecule has 0 unspecified atom stereocenters. The van der Waals surface area contributed by atoms with Crippen molar-refractivity contribution in [2.24, 2.45) is 0 Å². The van der Waals surface area contributed by atoms with Gasteiger partial charge in [0.2, 0.25) is 11.8 Å². The summed E-state index contributed by atoms with van der Waals surface area (Å²) in [4.78, 5) is 16.5. The van der Waals surface area contributed by atoms with Gasteiger partial charge in [0.15, 0.2) is 6.61 Å². The van der Waals surface area contributed by atoms with Crippen LogP contribution in [0.4, 0.5) is 4.39 Å². The number of carbonyl (C=O) groups excluding carboxylic acids is 1. The monoisotopic (exact) mass is 460 g/mol. The van der Waals surface area contributed by atoms with Gasteiger partial charge >= 0.3 is 0 Å². The Balaban J connectivity index is 1.24. The van der Waals surface area contributed by atoms with E-state index in [4.69, 9.17) is 25.5 Å². The lowest BCUT2D eigenvalue weighted by Gasteiger charge is -2.27. The van der Waals surface area contributed by atoms with Crippen molar-refractivity contribution in [1.29, 1.82) is 0 Å². The fourth-order valence-electron chi connectivity index (χ4n) is 3.29. The molecule has 1 aliphatic rings. The van der Waals surface area contributed by atoms with E-state index in [0.29, 0.717) is 31.2 Å². The molecule has 10 heteroatoms. The highest BCUT2D eigenvalue weighted by Crippen LogP contribution is 2.29. The number of ether oxygens (including phenoxy) is 2. The van der Waals surface area contributed by atoms with Crippen LogP contribution in [0.1, 0.15) is 37.5 Å². The SMILES string of the molecule is CCc1ccc(-c2nnc([C@@H]3CC[C@H](NC(=O)COc4ccc(Cl)c(F)c4)CO3)o2)cn1. The van der Waals surface area contributed by atoms with E-state index in [2.05, 4.69) is 20.5 Å². The first kappa shape index (κ1) is 22.2. The Morgan fingerprint density at radius 1 is 1.28 bits per heavy atom. The first-order valence-electron chi connectivity index (χ1n) is 10.3. The van der Waals surface area contributed by atoms with E-state index in [1.807, 2.05) is 19.1 Å². The number of nitrogens with zero attached hydrogens (tertiary/aromatic N) is 3. The van der Waals surface area contributed by atoms with E-state index in [9.17, 15) is 9.18 Å². The summed E-state index contributed by atoms with van der Waals surface area (Å²) in [6.07, 6.45) is 3.53. The van der Waals surface area contributed by atoms with Gasteiger partial charge in [0.05, 0.1) is 23.2 Å². The zero-order valence-electron chi connectivity index (χ0n) is 17.4. The number of aryl methyl sites for hydroxylation is 1. The van der Waals surface area contributed by atoms with Gasteiger partial charge in [-0.05, 0) is 43.5 Å². The minimum Gasteiger partial charge on any atom is -0.484 e. The summed E-state index contributed by atoms with van der Waals surface area (Å²) in [5, 5.41) is 11.0. The third kappa shape index (κ3) is 5.41. The molecule has 0 spiro atoms. The van der Waals surface area contributed by atoms with Crippen LogP contribution >= 0.6 is 11.6 Å². The molecule has 1 fully saturated rings. The number of amides is 1. The van der Waals surface area contributed by atoms with E-state index < -0.39 is 5.82 Å². The maximum atomic E-state index is 13.4. The smallest absolute Gasteiger partial charge is 0.258 e. The maximum Gasteiger partial charge on any atom is 0.258 e. The Labute approximate surface area is 189 Å². The van der Waals surface area contributed by atoms with Crippen molar-refractivity contribution in [1.82, 2.24) is 20.5 Å². The Morgan fingerprint density at radius 2 is 2.16 bits per heavy atom. The highest BCUT2D eigenvalue weighted by Gasteiger charge is 2.28. The van der Waals surface area contributed by atoms with E-state index in [-0.39, 0.29) is 35.4 Å². The zero-order valence-corrected chi connectivity index (χ0v) is 18.1. The van der Waals surface area contributed by atoms with Gasteiger partial charge in [-0.15, -0.1) is 10.2 Å². The molecule has 0 radical (unpaired) electrons. The average molecular weight is 461 g/mol. The minimum absolute atomic E-state index is 0.00450. The van der Waals surface area contributed by atoms with Crippen molar-refractivity contribution in [3.63, 3.8) is 0 Å². The fourth-order valence-corrected chi connectivity index (χ4v) is 3.40. The number of pyridine rings is 1. The highest BCUT2D eigenvalue weighted by molar-refractivity contribution is 6.30. The first-order chi connectivity index (χ1) is 15.5. The summed E-state index contributed by atoms with van der Waals surface area (Å²) in [7, 11) is 0. The van der Waals surface area contributed by atoms with Gasteiger partial charge in [0.25, 0.3) is 5.91 Å². The Morgan fingerprint density at radius 3 is 2.84 bits per heavy atom. The molecule has 1 saturated heterocycles. The Kier molecular flexibility index (Phi) is 6.96. The predicted molar refractivity (Wildman–Crippen MR) is 114 cm³/mol. The number of hydrogen-bond acceptors (Lipinski definition) is 7. The first-order valence-corrected chi connectivity index (χ1v) is 10.7. The van der Waals surface area contributed by atoms with Gasteiger partial charge in [0, 0.05) is 18.0 Å². The van der Waals surface area contributed by atoms with Crippen molar-refractivity contribution >= 4 is 17.5 Å². The summed E-state index contributed by atoms with van der Waals surface area (Å²) in [6, 6.07) is 7.67. The molecular weight excluding hydrogens is 439 g/mol. The largest absolute Gasteiger partial charge is 0.484 e. The summed E-state index contributed by atoms with van der Waals surface area (Å²) in [5.74, 6) is 0.0985. The summed E-state index contributed by atoms with van der Waals surface area (Å²) in [6.45, 7) is 2.10. The Bertz CT molecular complexity index is 1070. The molecule has 32 heavy (non-hydrogen) atoms. The van der Waals surface area contributed by atoms with E-state index >= 15 is 0 Å². The molecule has 0 saturated carbocycles. The molecule has 3 heterocycles. The topological polar surface area (TPSA) is 99.4 Å². The minimum atomic E-state index is -0.602. The Hall–Kier alpha value is -3.04. The van der Waals surface area contributed by atoms with Gasteiger partial charge in [-0.25, -0.2) is 4.39 Å². The van der Waals surface area contributed by atoms with Crippen LogP contribution < -0.4 is 10.1 Å². The fraction of sp³-hybridized carbons (Fsp3) is 0.364. The second-order valence-electron chi connectivity index (χ2n) is 7.37. The molecule has 3 aromatic rings. The third-order valence-electron chi connectivity index (χ3n) is 5.05. The van der Waals surface area contributed by atoms with Crippen LogP contribution in [0.2, 0.25) is 5.02 Å². The molecule has 2 atom stereocenters. The standard InChI is InChI=1S/C22H22ClFN4O4/c1-2-14-4-3-13(10-25-14)21-27-28-22(32-21)19-8-5-15(11-31-19)26-20(29)12-30-16-6-7-17(23)18(24)9-16/h3-4,6-7,9-10,15,19H,2,5,8,11-12H2,1H3,(H,26,29)/t15-,19-/m0/s1. The molecule has 0 aliphatic carbocycles. The number of hydrogen-bond donors (Lipinski definition) is 1. The number of carbonyl (C=O) groups is 1. The van der Waals surface area contributed by atoms with Gasteiger partial charge in [-0.2, -0.15) is 0 Å². The third-order valence-corrected chi connectivity index (χ3v) is 5.36. The van der Waals surface area contributed by atoms with Crippen LogP contribution in [0, 0.1) is 5.82 Å². The normalized spacial score (nSPS) is 18.3. The van der Waals surface area contributed by atoms with Crippen molar-refractivity contribution in [3.8, 4) is 17.2 Å². The molecule has 8 nitrogen and oxygen atoms in total. The van der Waals surface area contributed by atoms with E-state index in [0.717, 1.165) is 23.7 Å². The number of rotatable bonds is 7. The predicted octanol–water partition coefficient (Wildman–Crippen LogP) is 3.90. The van der Waals surface area contributed by atoms with Crippen molar-refractivity contribution < 1.29 is 23.1 Å². The van der Waals surface area contributed by atoms with Crippen LogP contribution in [0.25, 0.3) is 11.5 Å². The molecule has 4 rings (SSSR count). The second kappa shape index (κ2) is 10.1. The molecule has 1 N–H and O–H groups in total. The van der Waals surface area contributed by atoms with Crippen LogP contribution in [0.5, 0.6) is 5.75 Å². The van der Waals surface area contributed by atoms with Gasteiger partial charge in [0.1, 0.15) is 17.7 Å². The van der Waals surface area contributed by atoms with E-state index in [1.54, 1.807) is 6.20 Å². The second-order valence-corrected chi connectivity index (χ2v) is 7.77. The molecule has 168 valence electrons. The molecule has 1 amide bonds. The van der Waals surface area contributed by atoms with Crippen LogP contribution in [0.3, 0.4) is 0 Å². The van der Waals surface area contributed by atoms with Crippen molar-refractivity contribution in [2.45, 2.75) is 38.3 Å². The van der Waals surface area contributed by atoms with Crippen LogP contribution in [0.15, 0.2) is 40.9 Å². The summed E-state index contributed by atoms with van der Waals surface area (Å²) in [5.41, 5.74) is 1.74. The molecule has 1 aromatic carbocycles. The number of nitrogens with one attached hydrogen (secondary N) is 1.